The molecule has 2 rings (SSSR count). The molecule has 13 heavy (non-hydrogen) atoms. The molecule has 2 heteroatoms. The Morgan fingerprint density at radius 3 is 2.92 bits per heavy atom. The van der Waals surface area contributed by atoms with Crippen molar-refractivity contribution in [3.8, 4) is 0 Å². The minimum atomic E-state index is 0.442. The molecule has 0 spiro atoms. The van der Waals surface area contributed by atoms with Crippen molar-refractivity contribution in [1.29, 1.82) is 0 Å². The largest absolute Gasteiger partial charge is 0.465 e. The summed E-state index contributed by atoms with van der Waals surface area (Å²) < 4.78 is 5.61. The Kier molecular flexibility index (Phi) is 2.40. The average molecular weight is 179 g/mol. The van der Waals surface area contributed by atoms with Gasteiger partial charge in [0.2, 0.25) is 0 Å². The Labute approximate surface area is 79.3 Å². The second-order valence-electron chi connectivity index (χ2n) is 4.08. The number of furan rings is 1. The summed E-state index contributed by atoms with van der Waals surface area (Å²) in [6, 6.07) is 4.57. The molecule has 1 saturated heterocycles. The maximum absolute atomic E-state index is 5.61. The molecule has 1 aromatic rings. The first-order valence-electron chi connectivity index (χ1n) is 5.05. The van der Waals surface area contributed by atoms with Crippen LogP contribution in [0.4, 0.5) is 0 Å². The topological polar surface area (TPSA) is 25.2 Å². The van der Waals surface area contributed by atoms with Crippen molar-refractivity contribution in [3.63, 3.8) is 0 Å². The van der Waals surface area contributed by atoms with Gasteiger partial charge in [-0.2, -0.15) is 0 Å². The third-order valence-electron chi connectivity index (χ3n) is 2.77. The molecule has 1 aliphatic heterocycles. The smallest absolute Gasteiger partial charge is 0.121 e. The molecule has 72 valence electrons. The summed E-state index contributed by atoms with van der Waals surface area (Å²) in [5.74, 6) is 2.93. The van der Waals surface area contributed by atoms with Crippen LogP contribution in [0.2, 0.25) is 0 Å². The second-order valence-corrected chi connectivity index (χ2v) is 4.08. The predicted molar refractivity (Wildman–Crippen MR) is 52.6 cm³/mol. The van der Waals surface area contributed by atoms with Gasteiger partial charge in [-0.05, 0) is 44.4 Å². The number of hydrogen-bond acceptors (Lipinski definition) is 2. The SMILES string of the molecule is Cc1ccc(C2CC(C)CCN2)o1. The zero-order chi connectivity index (χ0) is 9.26. The molecule has 1 aromatic heterocycles. The lowest BCUT2D eigenvalue weighted by atomic mass is 9.93. The Bertz CT molecular complexity index is 279. The predicted octanol–water partition coefficient (Wildman–Crippen LogP) is 2.65. The molecular formula is C11H17NO. The molecule has 2 heterocycles. The Balaban J connectivity index is 2.08. The molecule has 0 saturated carbocycles. The van der Waals surface area contributed by atoms with Crippen LogP contribution >= 0.6 is 0 Å². The maximum Gasteiger partial charge on any atom is 0.121 e. The summed E-state index contributed by atoms with van der Waals surface area (Å²) in [5.41, 5.74) is 0. The van der Waals surface area contributed by atoms with Crippen molar-refractivity contribution in [2.45, 2.75) is 32.7 Å². The van der Waals surface area contributed by atoms with Crippen LogP contribution < -0.4 is 5.32 Å². The van der Waals surface area contributed by atoms with E-state index in [0.29, 0.717) is 6.04 Å². The number of rotatable bonds is 1. The molecule has 1 fully saturated rings. The lowest BCUT2D eigenvalue weighted by molar-refractivity contribution is 0.287. The van der Waals surface area contributed by atoms with Crippen molar-refractivity contribution in [3.05, 3.63) is 23.7 Å². The van der Waals surface area contributed by atoms with Crippen LogP contribution in [0.1, 0.15) is 37.3 Å². The fraction of sp³-hybridized carbons (Fsp3) is 0.636. The van der Waals surface area contributed by atoms with Gasteiger partial charge in [0.25, 0.3) is 0 Å². The number of nitrogens with one attached hydrogen (secondary N) is 1. The summed E-state index contributed by atoms with van der Waals surface area (Å²) in [6.07, 6.45) is 2.49. The van der Waals surface area contributed by atoms with Gasteiger partial charge in [-0.3, -0.25) is 0 Å². The summed E-state index contributed by atoms with van der Waals surface area (Å²) in [5, 5.41) is 3.49. The van der Waals surface area contributed by atoms with E-state index in [-0.39, 0.29) is 0 Å². The molecule has 0 amide bonds. The van der Waals surface area contributed by atoms with Gasteiger partial charge in [-0.25, -0.2) is 0 Å². The number of piperidine rings is 1. The van der Waals surface area contributed by atoms with Gasteiger partial charge in [0, 0.05) is 0 Å². The van der Waals surface area contributed by atoms with Crippen LogP contribution in [-0.2, 0) is 0 Å². The molecule has 0 aliphatic carbocycles. The Morgan fingerprint density at radius 1 is 1.46 bits per heavy atom. The Morgan fingerprint density at radius 2 is 2.31 bits per heavy atom. The van der Waals surface area contributed by atoms with Crippen LogP contribution in [0.3, 0.4) is 0 Å². The second kappa shape index (κ2) is 3.54. The summed E-state index contributed by atoms with van der Waals surface area (Å²) >= 11 is 0. The van der Waals surface area contributed by atoms with E-state index in [2.05, 4.69) is 18.3 Å². The summed E-state index contributed by atoms with van der Waals surface area (Å²) in [4.78, 5) is 0. The summed E-state index contributed by atoms with van der Waals surface area (Å²) in [6.45, 7) is 5.42. The van der Waals surface area contributed by atoms with Gasteiger partial charge in [-0.1, -0.05) is 6.92 Å². The zero-order valence-corrected chi connectivity index (χ0v) is 8.34. The first-order chi connectivity index (χ1) is 6.25. The van der Waals surface area contributed by atoms with E-state index < -0.39 is 0 Å². The zero-order valence-electron chi connectivity index (χ0n) is 8.34. The van der Waals surface area contributed by atoms with E-state index in [1.165, 1.54) is 12.8 Å². The van der Waals surface area contributed by atoms with E-state index >= 15 is 0 Å². The number of hydrogen-bond donors (Lipinski definition) is 1. The molecule has 0 bridgehead atoms. The molecule has 1 N–H and O–H groups in total. The van der Waals surface area contributed by atoms with Crippen LogP contribution in [-0.4, -0.2) is 6.54 Å². The van der Waals surface area contributed by atoms with E-state index in [1.54, 1.807) is 0 Å². The van der Waals surface area contributed by atoms with E-state index in [1.807, 2.05) is 13.0 Å². The van der Waals surface area contributed by atoms with Crippen molar-refractivity contribution in [2.24, 2.45) is 5.92 Å². The molecular weight excluding hydrogens is 162 g/mol. The molecule has 0 radical (unpaired) electrons. The van der Waals surface area contributed by atoms with Crippen molar-refractivity contribution in [1.82, 2.24) is 5.32 Å². The molecule has 2 nitrogen and oxygen atoms in total. The fourth-order valence-corrected chi connectivity index (χ4v) is 1.96. The standard InChI is InChI=1S/C11H17NO/c1-8-5-6-12-10(7-8)11-4-3-9(2)13-11/h3-4,8,10,12H,5-7H2,1-2H3. The van der Waals surface area contributed by atoms with Crippen LogP contribution in [0, 0.1) is 12.8 Å². The lowest BCUT2D eigenvalue weighted by Crippen LogP contribution is -2.30. The first-order valence-corrected chi connectivity index (χ1v) is 5.05. The van der Waals surface area contributed by atoms with Crippen LogP contribution in [0.5, 0.6) is 0 Å². The third kappa shape index (κ3) is 1.94. The first kappa shape index (κ1) is 8.82. The quantitative estimate of drug-likeness (QED) is 0.717. The van der Waals surface area contributed by atoms with Gasteiger partial charge in [0.1, 0.15) is 11.5 Å². The van der Waals surface area contributed by atoms with Crippen LogP contribution in [0.15, 0.2) is 16.5 Å². The fourth-order valence-electron chi connectivity index (χ4n) is 1.96. The normalized spacial score (nSPS) is 29.1. The minimum Gasteiger partial charge on any atom is -0.465 e. The number of aryl methyl sites for hydroxylation is 1. The van der Waals surface area contributed by atoms with E-state index in [4.69, 9.17) is 4.42 Å². The van der Waals surface area contributed by atoms with E-state index in [9.17, 15) is 0 Å². The highest BCUT2D eigenvalue weighted by atomic mass is 16.3. The molecule has 2 atom stereocenters. The third-order valence-corrected chi connectivity index (χ3v) is 2.77. The minimum absolute atomic E-state index is 0.442. The maximum atomic E-state index is 5.61. The average Bonchev–Trinajstić information content (AvgIpc) is 2.52. The monoisotopic (exact) mass is 179 g/mol. The van der Waals surface area contributed by atoms with Crippen LogP contribution in [0.25, 0.3) is 0 Å². The van der Waals surface area contributed by atoms with Crippen molar-refractivity contribution in [2.75, 3.05) is 6.54 Å². The molecule has 2 unspecified atom stereocenters. The van der Waals surface area contributed by atoms with Gasteiger partial charge >= 0.3 is 0 Å². The van der Waals surface area contributed by atoms with Crippen molar-refractivity contribution < 1.29 is 4.42 Å². The highest BCUT2D eigenvalue weighted by molar-refractivity contribution is 5.10. The van der Waals surface area contributed by atoms with Gasteiger partial charge in [0.05, 0.1) is 6.04 Å². The molecule has 1 aliphatic rings. The van der Waals surface area contributed by atoms with Gasteiger partial charge < -0.3 is 9.73 Å². The summed E-state index contributed by atoms with van der Waals surface area (Å²) in [7, 11) is 0. The highest BCUT2D eigenvalue weighted by Crippen LogP contribution is 2.27. The van der Waals surface area contributed by atoms with Gasteiger partial charge in [0.15, 0.2) is 0 Å². The van der Waals surface area contributed by atoms with Crippen molar-refractivity contribution >= 4 is 0 Å². The Hall–Kier alpha value is -0.760. The molecule has 0 aromatic carbocycles. The van der Waals surface area contributed by atoms with E-state index in [0.717, 1.165) is 24.0 Å². The lowest BCUT2D eigenvalue weighted by Gasteiger charge is -2.26. The highest BCUT2D eigenvalue weighted by Gasteiger charge is 2.21. The van der Waals surface area contributed by atoms with Gasteiger partial charge in [-0.15, -0.1) is 0 Å².